The fourth-order valence-electron chi connectivity index (χ4n) is 3.56. The van der Waals surface area contributed by atoms with Crippen molar-refractivity contribution in [3.8, 4) is 11.1 Å². The predicted molar refractivity (Wildman–Crippen MR) is 133 cm³/mol. The lowest BCUT2D eigenvalue weighted by Crippen LogP contribution is -2.57. The van der Waals surface area contributed by atoms with E-state index < -0.39 is 0 Å². The van der Waals surface area contributed by atoms with E-state index in [0.717, 1.165) is 0 Å². The first-order valence-electron chi connectivity index (χ1n) is 7.94. The van der Waals surface area contributed by atoms with Crippen molar-refractivity contribution in [2.45, 2.75) is 0 Å². The highest BCUT2D eigenvalue weighted by Gasteiger charge is 2.19. The second-order valence-corrected chi connectivity index (χ2v) is 7.48. The first-order chi connectivity index (χ1) is 10.1. The van der Waals surface area contributed by atoms with Crippen LogP contribution in [0.2, 0.25) is 0 Å². The van der Waals surface area contributed by atoms with Crippen LogP contribution >= 0.6 is 15.9 Å². The fourth-order valence-corrected chi connectivity index (χ4v) is 4.05. The summed E-state index contributed by atoms with van der Waals surface area (Å²) in [4.78, 5) is 0. The second-order valence-electron chi connectivity index (χ2n) is 6.69. The normalized spacial score (nSPS) is 10.8. The summed E-state index contributed by atoms with van der Waals surface area (Å²) in [6, 6.07) is 0. The molecule has 0 aliphatic rings. The zero-order chi connectivity index (χ0) is 16.9. The monoisotopic (exact) mass is 340 g/mol. The smallest absolute Gasteiger partial charge is 0.102 e. The molecule has 22 heavy (non-hydrogen) atoms. The van der Waals surface area contributed by atoms with Gasteiger partial charge in [0.1, 0.15) is 70.6 Å². The maximum absolute atomic E-state index is 3.81. The van der Waals surface area contributed by atoms with Crippen LogP contribution in [0.25, 0.3) is 11.1 Å². The molecule has 0 N–H and O–H groups in total. The molecule has 2 rings (SSSR count). The van der Waals surface area contributed by atoms with Gasteiger partial charge in [-0.25, -0.2) is 0 Å². The highest BCUT2D eigenvalue weighted by atomic mass is 79.9. The summed E-state index contributed by atoms with van der Waals surface area (Å²) >= 11 is 3.81. The first kappa shape index (κ1) is 17.9. The molecule has 2 aromatic carbocycles. The Bertz CT molecular complexity index is 675. The van der Waals surface area contributed by atoms with Crippen molar-refractivity contribution < 1.29 is 0 Å². The lowest BCUT2D eigenvalue weighted by Gasteiger charge is -2.26. The van der Waals surface area contributed by atoms with Gasteiger partial charge in [0.2, 0.25) is 0 Å². The first-order valence-corrected chi connectivity index (χ1v) is 8.73. The van der Waals surface area contributed by atoms with Crippen LogP contribution in [0.5, 0.6) is 0 Å². The summed E-state index contributed by atoms with van der Waals surface area (Å²) in [6.07, 6.45) is 0. The van der Waals surface area contributed by atoms with Crippen LogP contribution in [0, 0.1) is 0 Å². The van der Waals surface area contributed by atoms with Gasteiger partial charge in [-0.1, -0.05) is 48.7 Å². The standard InChI is InChI=1S/C12H18B9Br/c13-3-1(4(14)8(18)10(20)7(3)17)2-5(15)9(19)11(21)12(22)6(2)16/h13-21H2. The van der Waals surface area contributed by atoms with Crippen molar-refractivity contribution in [2.24, 2.45) is 0 Å². The van der Waals surface area contributed by atoms with Crippen LogP contribution < -0.4 is 49.2 Å². The molecule has 0 aromatic heterocycles. The van der Waals surface area contributed by atoms with Gasteiger partial charge in [0, 0.05) is 4.47 Å². The Labute approximate surface area is 151 Å². The molecule has 100 valence electrons. The molecule has 2 aromatic rings. The van der Waals surface area contributed by atoms with Gasteiger partial charge in [0.15, 0.2) is 0 Å². The fraction of sp³-hybridized carbons (Fsp3) is 0. The van der Waals surface area contributed by atoms with E-state index in [1.807, 2.05) is 0 Å². The van der Waals surface area contributed by atoms with Crippen molar-refractivity contribution in [1.82, 2.24) is 0 Å². The molecule has 0 bridgehead atoms. The molecule has 10 heteroatoms. The molecule has 0 spiro atoms. The molecule has 0 radical (unpaired) electrons. The molecule has 0 fully saturated rings. The van der Waals surface area contributed by atoms with Crippen molar-refractivity contribution >= 4 is 136 Å². The van der Waals surface area contributed by atoms with E-state index in [1.165, 1.54) is 64.8 Å². The van der Waals surface area contributed by atoms with Crippen LogP contribution in [0.3, 0.4) is 0 Å². The van der Waals surface area contributed by atoms with E-state index in [1.54, 1.807) is 0 Å². The van der Waals surface area contributed by atoms with Crippen molar-refractivity contribution in [2.75, 3.05) is 0 Å². The van der Waals surface area contributed by atoms with E-state index in [4.69, 9.17) is 0 Å². The Morgan fingerprint density at radius 1 is 0.364 bits per heavy atom. The van der Waals surface area contributed by atoms with Gasteiger partial charge in [0.05, 0.1) is 0 Å². The van der Waals surface area contributed by atoms with E-state index in [2.05, 4.69) is 86.5 Å². The molecule has 0 heterocycles. The average Bonchev–Trinajstić information content (AvgIpc) is 2.50. The summed E-state index contributed by atoms with van der Waals surface area (Å²) in [5.41, 5.74) is 15.5. The minimum atomic E-state index is 1.25. The minimum Gasteiger partial charge on any atom is -0.102 e. The predicted octanol–water partition coefficient (Wildman–Crippen LogP) is -11.6. The lowest BCUT2D eigenvalue weighted by atomic mass is 9.57. The molecule has 0 saturated carbocycles. The molecule has 0 aliphatic carbocycles. The van der Waals surface area contributed by atoms with E-state index in [9.17, 15) is 0 Å². The van der Waals surface area contributed by atoms with Crippen molar-refractivity contribution in [3.63, 3.8) is 0 Å². The zero-order valence-corrected chi connectivity index (χ0v) is 17.0. The molecule has 0 saturated heterocycles. The maximum atomic E-state index is 3.81. The van der Waals surface area contributed by atoms with Crippen molar-refractivity contribution in [3.05, 3.63) is 4.47 Å². The Balaban J connectivity index is 3.03. The third-order valence-corrected chi connectivity index (χ3v) is 6.97. The second kappa shape index (κ2) is 6.19. The number of hydrogen-bond donors (Lipinski definition) is 0. The van der Waals surface area contributed by atoms with Crippen LogP contribution in [-0.2, 0) is 0 Å². The summed E-state index contributed by atoms with van der Waals surface area (Å²) in [7, 11) is 20.2. The molecule has 0 nitrogen and oxygen atoms in total. The minimum absolute atomic E-state index is 1.25. The summed E-state index contributed by atoms with van der Waals surface area (Å²) in [6.45, 7) is 0. The largest absolute Gasteiger partial charge is 0.141 e. The SMILES string of the molecule is Bc1c(B)c(B)c(-c2c(B)c(B)c(B)c(Br)c2B)c(B)c1B. The van der Waals surface area contributed by atoms with Gasteiger partial charge >= 0.3 is 0 Å². The Morgan fingerprint density at radius 2 is 0.636 bits per heavy atom. The highest BCUT2D eigenvalue weighted by molar-refractivity contribution is 9.10. The molecule has 0 unspecified atom stereocenters. The topological polar surface area (TPSA) is 0 Å². The molecular formula is C12H18B9Br. The highest BCUT2D eigenvalue weighted by Crippen LogP contribution is 2.11. The van der Waals surface area contributed by atoms with Crippen LogP contribution in [0.15, 0.2) is 4.47 Å². The molecular weight excluding hydrogens is 321 g/mol. The molecule has 0 amide bonds. The zero-order valence-electron chi connectivity index (χ0n) is 15.4. The maximum Gasteiger partial charge on any atom is 0.141 e. The van der Waals surface area contributed by atoms with Crippen LogP contribution in [0.1, 0.15) is 0 Å². The number of hydrogen-bond acceptors (Lipinski definition) is 0. The summed E-state index contributed by atoms with van der Waals surface area (Å²) < 4.78 is 1.25. The Hall–Kier alpha value is -0.496. The summed E-state index contributed by atoms with van der Waals surface area (Å²) in [5.74, 6) is 0. The van der Waals surface area contributed by atoms with E-state index in [-0.39, 0.29) is 0 Å². The van der Waals surface area contributed by atoms with Crippen molar-refractivity contribution in [1.29, 1.82) is 0 Å². The molecule has 0 aliphatic heterocycles. The average molecular weight is 339 g/mol. The van der Waals surface area contributed by atoms with Crippen LogP contribution in [-0.4, -0.2) is 70.6 Å². The van der Waals surface area contributed by atoms with Gasteiger partial charge in [-0.3, -0.25) is 0 Å². The molecule has 0 atom stereocenters. The van der Waals surface area contributed by atoms with Gasteiger partial charge in [-0.05, 0) is 11.1 Å². The summed E-state index contributed by atoms with van der Waals surface area (Å²) in [5, 5.41) is 0. The quantitative estimate of drug-likeness (QED) is 0.453. The number of rotatable bonds is 1. The van der Waals surface area contributed by atoms with Crippen LogP contribution in [0.4, 0.5) is 0 Å². The van der Waals surface area contributed by atoms with Gasteiger partial charge < -0.3 is 0 Å². The Morgan fingerprint density at radius 3 is 1.05 bits per heavy atom. The lowest BCUT2D eigenvalue weighted by molar-refractivity contribution is 1.83. The third-order valence-electron chi connectivity index (χ3n) is 5.78. The number of halogens is 1. The van der Waals surface area contributed by atoms with Gasteiger partial charge in [0.25, 0.3) is 0 Å². The van der Waals surface area contributed by atoms with Gasteiger partial charge in [-0.15, -0.1) is 16.4 Å². The Kier molecular flexibility index (Phi) is 5.02. The van der Waals surface area contributed by atoms with E-state index in [0.29, 0.717) is 0 Å². The third kappa shape index (κ3) is 2.52. The van der Waals surface area contributed by atoms with Gasteiger partial charge in [-0.2, -0.15) is 0 Å². The number of benzene rings is 2. The van der Waals surface area contributed by atoms with E-state index >= 15 is 0 Å².